The van der Waals surface area contributed by atoms with Crippen molar-refractivity contribution in [3.8, 4) is 11.4 Å². The fourth-order valence-electron chi connectivity index (χ4n) is 1.87. The minimum atomic E-state index is -0.985. The molecule has 0 unspecified atom stereocenters. The predicted molar refractivity (Wildman–Crippen MR) is 80.8 cm³/mol. The van der Waals surface area contributed by atoms with Gasteiger partial charge < -0.3 is 5.11 Å². The topological polar surface area (TPSA) is 67.5 Å². The number of halogens is 2. The molecule has 7 heteroatoms. The predicted octanol–water partition coefficient (Wildman–Crippen LogP) is 3.62. The van der Waals surface area contributed by atoms with Crippen LogP contribution in [-0.4, -0.2) is 25.7 Å². The molecule has 3 rings (SSSR count). The number of aromatic carboxylic acids is 1. The van der Waals surface area contributed by atoms with Gasteiger partial charge in [0.05, 0.1) is 5.56 Å². The van der Waals surface area contributed by atoms with Crippen molar-refractivity contribution in [2.45, 2.75) is 0 Å². The number of hydrogen-bond acceptors (Lipinski definition) is 3. The van der Waals surface area contributed by atoms with Crippen molar-refractivity contribution < 1.29 is 9.90 Å². The van der Waals surface area contributed by atoms with Crippen molar-refractivity contribution in [3.05, 3.63) is 51.0 Å². The average molecular weight is 397 g/mol. The molecule has 5 nitrogen and oxygen atoms in total. The smallest absolute Gasteiger partial charge is 0.337 e. The van der Waals surface area contributed by atoms with E-state index in [1.807, 2.05) is 18.2 Å². The minimum Gasteiger partial charge on any atom is -0.478 e. The zero-order valence-corrected chi connectivity index (χ0v) is 13.1. The first kappa shape index (κ1) is 13.3. The Kier molecular flexibility index (Phi) is 3.31. The zero-order valence-electron chi connectivity index (χ0n) is 9.92. The van der Waals surface area contributed by atoms with Gasteiger partial charge in [-0.2, -0.15) is 0 Å². The third-order valence-corrected chi connectivity index (χ3v) is 3.97. The number of hydrogen-bond donors (Lipinski definition) is 1. The van der Waals surface area contributed by atoms with Gasteiger partial charge in [-0.15, -0.1) is 10.2 Å². The Hall–Kier alpha value is -1.73. The molecule has 1 aromatic carbocycles. The lowest BCUT2D eigenvalue weighted by Crippen LogP contribution is -1.99. The van der Waals surface area contributed by atoms with Crippen molar-refractivity contribution in [2.24, 2.45) is 0 Å². The summed E-state index contributed by atoms with van der Waals surface area (Å²) in [6, 6.07) is 8.82. The molecule has 0 aliphatic heterocycles. The van der Waals surface area contributed by atoms with Gasteiger partial charge in [0.2, 0.25) is 0 Å². The van der Waals surface area contributed by atoms with E-state index in [0.29, 0.717) is 11.5 Å². The van der Waals surface area contributed by atoms with Crippen LogP contribution in [0.4, 0.5) is 0 Å². The van der Waals surface area contributed by atoms with Crippen molar-refractivity contribution >= 4 is 43.5 Å². The van der Waals surface area contributed by atoms with Crippen LogP contribution in [0.1, 0.15) is 10.4 Å². The molecule has 0 saturated heterocycles. The standard InChI is InChI=1S/C13H7Br2N3O2/c14-8-2-3-9(10(15)5-8)12-17-16-11-4-1-7(13(19)20)6-18(11)12/h1-6H,(H,19,20). The van der Waals surface area contributed by atoms with Gasteiger partial charge in [-0.05, 0) is 46.3 Å². The quantitative estimate of drug-likeness (QED) is 0.718. The summed E-state index contributed by atoms with van der Waals surface area (Å²) < 4.78 is 3.45. The fourth-order valence-corrected chi connectivity index (χ4v) is 3.10. The molecule has 0 atom stereocenters. The second kappa shape index (κ2) is 4.99. The van der Waals surface area contributed by atoms with Gasteiger partial charge in [-0.25, -0.2) is 4.79 Å². The van der Waals surface area contributed by atoms with Crippen LogP contribution in [0.3, 0.4) is 0 Å². The van der Waals surface area contributed by atoms with E-state index in [-0.39, 0.29) is 5.56 Å². The Morgan fingerprint density at radius 3 is 2.65 bits per heavy atom. The highest BCUT2D eigenvalue weighted by Gasteiger charge is 2.13. The Morgan fingerprint density at radius 2 is 1.95 bits per heavy atom. The van der Waals surface area contributed by atoms with E-state index in [9.17, 15) is 4.79 Å². The van der Waals surface area contributed by atoms with Crippen molar-refractivity contribution in [1.82, 2.24) is 14.6 Å². The van der Waals surface area contributed by atoms with Crippen molar-refractivity contribution in [3.63, 3.8) is 0 Å². The number of carboxylic acid groups (broad SMARTS) is 1. The van der Waals surface area contributed by atoms with Gasteiger partial charge in [0.1, 0.15) is 0 Å². The molecule has 0 spiro atoms. The number of carboxylic acids is 1. The molecule has 2 heterocycles. The van der Waals surface area contributed by atoms with E-state index in [4.69, 9.17) is 5.11 Å². The molecule has 20 heavy (non-hydrogen) atoms. The lowest BCUT2D eigenvalue weighted by atomic mass is 10.2. The second-order valence-corrected chi connectivity index (χ2v) is 5.87. The largest absolute Gasteiger partial charge is 0.478 e. The summed E-state index contributed by atoms with van der Waals surface area (Å²) in [6.45, 7) is 0. The van der Waals surface area contributed by atoms with Crippen LogP contribution in [0, 0.1) is 0 Å². The first-order valence-corrected chi connectivity index (χ1v) is 7.18. The number of benzene rings is 1. The summed E-state index contributed by atoms with van der Waals surface area (Å²) in [5, 5.41) is 17.2. The van der Waals surface area contributed by atoms with E-state index in [2.05, 4.69) is 42.1 Å². The first-order valence-electron chi connectivity index (χ1n) is 5.60. The highest BCUT2D eigenvalue weighted by molar-refractivity contribution is 9.11. The molecule has 1 N–H and O–H groups in total. The number of rotatable bonds is 2. The molecule has 0 aliphatic rings. The van der Waals surface area contributed by atoms with E-state index in [0.717, 1.165) is 14.5 Å². The van der Waals surface area contributed by atoms with Gasteiger partial charge in [0, 0.05) is 20.7 Å². The lowest BCUT2D eigenvalue weighted by Gasteiger charge is -2.04. The number of pyridine rings is 1. The Labute approximate surface area is 130 Å². The maximum atomic E-state index is 11.1. The zero-order chi connectivity index (χ0) is 14.3. The van der Waals surface area contributed by atoms with Crippen molar-refractivity contribution in [1.29, 1.82) is 0 Å². The molecule has 0 saturated carbocycles. The summed E-state index contributed by atoms with van der Waals surface area (Å²) >= 11 is 6.86. The van der Waals surface area contributed by atoms with E-state index < -0.39 is 5.97 Å². The molecule has 0 amide bonds. The highest BCUT2D eigenvalue weighted by Crippen LogP contribution is 2.30. The Balaban J connectivity index is 2.25. The van der Waals surface area contributed by atoms with Gasteiger partial charge in [0.15, 0.2) is 11.5 Å². The summed E-state index contributed by atoms with van der Waals surface area (Å²) in [5.41, 5.74) is 1.62. The molecule has 0 radical (unpaired) electrons. The van der Waals surface area contributed by atoms with Crippen LogP contribution in [-0.2, 0) is 0 Å². The van der Waals surface area contributed by atoms with Gasteiger partial charge in [0.25, 0.3) is 0 Å². The molecule has 100 valence electrons. The Morgan fingerprint density at radius 1 is 1.15 bits per heavy atom. The Bertz CT molecular complexity index is 830. The lowest BCUT2D eigenvalue weighted by molar-refractivity contribution is 0.0696. The van der Waals surface area contributed by atoms with Crippen LogP contribution in [0.25, 0.3) is 17.0 Å². The molecule has 3 aromatic rings. The molecular formula is C13H7Br2N3O2. The summed E-state index contributed by atoms with van der Waals surface area (Å²) in [6.07, 6.45) is 1.52. The maximum Gasteiger partial charge on any atom is 0.337 e. The number of nitrogens with zero attached hydrogens (tertiary/aromatic N) is 3. The molecular weight excluding hydrogens is 390 g/mol. The van der Waals surface area contributed by atoms with E-state index in [1.54, 1.807) is 10.5 Å². The van der Waals surface area contributed by atoms with Crippen LogP contribution in [0.5, 0.6) is 0 Å². The second-order valence-electron chi connectivity index (χ2n) is 4.10. The molecule has 0 bridgehead atoms. The number of carbonyl (C=O) groups is 1. The van der Waals surface area contributed by atoms with Gasteiger partial charge in [-0.1, -0.05) is 15.9 Å². The van der Waals surface area contributed by atoms with Gasteiger partial charge >= 0.3 is 5.97 Å². The molecule has 0 fully saturated rings. The van der Waals surface area contributed by atoms with E-state index >= 15 is 0 Å². The van der Waals surface area contributed by atoms with Gasteiger partial charge in [-0.3, -0.25) is 4.40 Å². The average Bonchev–Trinajstić information content (AvgIpc) is 2.81. The summed E-state index contributed by atoms with van der Waals surface area (Å²) in [7, 11) is 0. The molecule has 2 aromatic heterocycles. The number of fused-ring (bicyclic) bond motifs is 1. The van der Waals surface area contributed by atoms with E-state index in [1.165, 1.54) is 12.3 Å². The highest BCUT2D eigenvalue weighted by atomic mass is 79.9. The van der Waals surface area contributed by atoms with Crippen LogP contribution in [0.2, 0.25) is 0 Å². The third-order valence-electron chi connectivity index (χ3n) is 2.82. The SMILES string of the molecule is O=C(O)c1ccc2nnc(-c3ccc(Br)cc3Br)n2c1. The number of aromatic nitrogens is 3. The van der Waals surface area contributed by atoms with Crippen LogP contribution in [0.15, 0.2) is 45.5 Å². The minimum absolute atomic E-state index is 0.187. The third kappa shape index (κ3) is 2.23. The van der Waals surface area contributed by atoms with Crippen molar-refractivity contribution in [2.75, 3.05) is 0 Å². The van der Waals surface area contributed by atoms with Crippen LogP contribution >= 0.6 is 31.9 Å². The van der Waals surface area contributed by atoms with Crippen LogP contribution < -0.4 is 0 Å². The fraction of sp³-hybridized carbons (Fsp3) is 0. The summed E-state index contributed by atoms with van der Waals surface area (Å²) in [4.78, 5) is 11.1. The first-order chi connectivity index (χ1) is 9.56. The monoisotopic (exact) mass is 395 g/mol. The summed E-state index contributed by atoms with van der Waals surface area (Å²) in [5.74, 6) is -0.399. The maximum absolute atomic E-state index is 11.1. The normalized spacial score (nSPS) is 10.9. The molecule has 0 aliphatic carbocycles.